The molecule has 1 fully saturated rings. The van der Waals surface area contributed by atoms with E-state index in [0.717, 1.165) is 0 Å². The molecular formula is C9H18O6. The van der Waals surface area contributed by atoms with Gasteiger partial charge in [-0.05, 0) is 13.8 Å². The van der Waals surface area contributed by atoms with Crippen LogP contribution in [0.15, 0.2) is 0 Å². The van der Waals surface area contributed by atoms with Crippen LogP contribution in [0.2, 0.25) is 0 Å². The average molecular weight is 222 g/mol. The van der Waals surface area contributed by atoms with Gasteiger partial charge in [-0.1, -0.05) is 0 Å². The fraction of sp³-hybridized carbons (Fsp3) is 1.00. The Bertz CT molecular complexity index is 195. The van der Waals surface area contributed by atoms with Gasteiger partial charge in [0.05, 0.1) is 12.7 Å². The topological polar surface area (TPSA) is 99.4 Å². The first-order valence-corrected chi connectivity index (χ1v) is 4.93. The second-order valence-corrected chi connectivity index (χ2v) is 3.88. The largest absolute Gasteiger partial charge is 0.394 e. The molecule has 0 aliphatic carbocycles. The van der Waals surface area contributed by atoms with Crippen LogP contribution in [0.5, 0.6) is 0 Å². The van der Waals surface area contributed by atoms with Crippen LogP contribution in [0.25, 0.3) is 0 Å². The van der Waals surface area contributed by atoms with Gasteiger partial charge in [-0.25, -0.2) is 0 Å². The standard InChI is InChI=1S/C9H18O6/c1-4(2)14-9-8(13)7(12)6(11)5(3-10)15-9/h4-13H,3H2,1-2H3/t5-,6+,7+,8-,9?/m1/s1. The highest BCUT2D eigenvalue weighted by molar-refractivity contribution is 4.88. The lowest BCUT2D eigenvalue weighted by Crippen LogP contribution is -2.59. The van der Waals surface area contributed by atoms with Crippen molar-refractivity contribution in [1.82, 2.24) is 0 Å². The number of aliphatic hydroxyl groups excluding tert-OH is 4. The van der Waals surface area contributed by atoms with E-state index in [-0.39, 0.29) is 6.10 Å². The maximum absolute atomic E-state index is 9.53. The Morgan fingerprint density at radius 1 is 1.13 bits per heavy atom. The van der Waals surface area contributed by atoms with Crippen molar-refractivity contribution in [2.45, 2.75) is 50.7 Å². The summed E-state index contributed by atoms with van der Waals surface area (Å²) < 4.78 is 10.3. The second-order valence-electron chi connectivity index (χ2n) is 3.88. The van der Waals surface area contributed by atoms with Gasteiger partial charge in [0.1, 0.15) is 24.4 Å². The summed E-state index contributed by atoms with van der Waals surface area (Å²) in [6, 6.07) is 0. The third-order valence-corrected chi connectivity index (χ3v) is 2.25. The zero-order chi connectivity index (χ0) is 11.6. The highest BCUT2D eigenvalue weighted by Crippen LogP contribution is 2.22. The van der Waals surface area contributed by atoms with Crippen molar-refractivity contribution in [3.05, 3.63) is 0 Å². The lowest BCUT2D eigenvalue weighted by molar-refractivity contribution is -0.308. The van der Waals surface area contributed by atoms with Crippen LogP contribution in [-0.4, -0.2) is 63.8 Å². The van der Waals surface area contributed by atoms with Crippen LogP contribution >= 0.6 is 0 Å². The van der Waals surface area contributed by atoms with E-state index in [1.807, 2.05) is 0 Å². The van der Waals surface area contributed by atoms with Crippen LogP contribution in [0.1, 0.15) is 13.8 Å². The molecule has 0 radical (unpaired) electrons. The quantitative estimate of drug-likeness (QED) is 0.450. The van der Waals surface area contributed by atoms with E-state index in [0.29, 0.717) is 0 Å². The fourth-order valence-corrected chi connectivity index (χ4v) is 1.45. The van der Waals surface area contributed by atoms with E-state index >= 15 is 0 Å². The van der Waals surface area contributed by atoms with Crippen molar-refractivity contribution in [2.24, 2.45) is 0 Å². The fourth-order valence-electron chi connectivity index (χ4n) is 1.45. The van der Waals surface area contributed by atoms with Gasteiger partial charge in [0, 0.05) is 0 Å². The number of rotatable bonds is 3. The molecule has 0 saturated carbocycles. The van der Waals surface area contributed by atoms with Crippen molar-refractivity contribution in [3.8, 4) is 0 Å². The molecule has 0 bridgehead atoms. The molecule has 1 rings (SSSR count). The normalized spacial score (nSPS) is 42.2. The summed E-state index contributed by atoms with van der Waals surface area (Å²) in [5.41, 5.74) is 0. The molecule has 1 heterocycles. The Morgan fingerprint density at radius 3 is 2.20 bits per heavy atom. The third-order valence-electron chi connectivity index (χ3n) is 2.25. The molecule has 6 nitrogen and oxygen atoms in total. The van der Waals surface area contributed by atoms with Crippen LogP contribution < -0.4 is 0 Å². The van der Waals surface area contributed by atoms with E-state index in [9.17, 15) is 15.3 Å². The van der Waals surface area contributed by atoms with Crippen LogP contribution in [0.4, 0.5) is 0 Å². The van der Waals surface area contributed by atoms with Gasteiger partial charge < -0.3 is 29.9 Å². The Balaban J connectivity index is 2.65. The molecule has 1 aliphatic rings. The third kappa shape index (κ3) is 2.87. The van der Waals surface area contributed by atoms with Crippen LogP contribution in [0.3, 0.4) is 0 Å². The first-order valence-electron chi connectivity index (χ1n) is 4.93. The lowest BCUT2D eigenvalue weighted by atomic mass is 9.99. The summed E-state index contributed by atoms with van der Waals surface area (Å²) in [7, 11) is 0. The molecule has 0 aromatic rings. The molecule has 0 amide bonds. The lowest BCUT2D eigenvalue weighted by Gasteiger charge is -2.40. The average Bonchev–Trinajstić information content (AvgIpc) is 2.18. The molecule has 15 heavy (non-hydrogen) atoms. The minimum absolute atomic E-state index is 0.188. The summed E-state index contributed by atoms with van der Waals surface area (Å²) in [6.45, 7) is 3.06. The van der Waals surface area contributed by atoms with Crippen molar-refractivity contribution in [2.75, 3.05) is 6.61 Å². The molecule has 6 heteroatoms. The van der Waals surface area contributed by atoms with E-state index in [2.05, 4.69) is 0 Å². The molecule has 1 aliphatic heterocycles. The van der Waals surface area contributed by atoms with Gasteiger partial charge in [0.15, 0.2) is 6.29 Å². The second kappa shape index (κ2) is 5.20. The highest BCUT2D eigenvalue weighted by atomic mass is 16.7. The predicted molar refractivity (Wildman–Crippen MR) is 50.0 cm³/mol. The molecule has 90 valence electrons. The predicted octanol–water partition coefficient (Wildman–Crippen LogP) is -1.79. The van der Waals surface area contributed by atoms with Gasteiger partial charge in [0.2, 0.25) is 0 Å². The van der Waals surface area contributed by atoms with Gasteiger partial charge >= 0.3 is 0 Å². The van der Waals surface area contributed by atoms with Gasteiger partial charge in [-0.3, -0.25) is 0 Å². The molecule has 0 aromatic heterocycles. The van der Waals surface area contributed by atoms with E-state index < -0.39 is 37.3 Å². The monoisotopic (exact) mass is 222 g/mol. The number of aliphatic hydroxyl groups is 4. The molecule has 4 N–H and O–H groups in total. The molecule has 5 atom stereocenters. The maximum atomic E-state index is 9.53. The van der Waals surface area contributed by atoms with E-state index in [1.165, 1.54) is 0 Å². The first kappa shape index (κ1) is 12.8. The zero-order valence-electron chi connectivity index (χ0n) is 8.78. The summed E-state index contributed by atoms with van der Waals surface area (Å²) in [6.07, 6.45) is -6.15. The van der Waals surface area contributed by atoms with Gasteiger partial charge in [0.25, 0.3) is 0 Å². The van der Waals surface area contributed by atoms with Crippen LogP contribution in [0, 0.1) is 0 Å². The Hall–Kier alpha value is -0.240. The number of hydrogen-bond acceptors (Lipinski definition) is 6. The number of ether oxygens (including phenoxy) is 2. The molecule has 1 unspecified atom stereocenters. The number of hydrogen-bond donors (Lipinski definition) is 4. The molecule has 1 saturated heterocycles. The summed E-state index contributed by atoms with van der Waals surface area (Å²) in [4.78, 5) is 0. The van der Waals surface area contributed by atoms with Crippen molar-refractivity contribution >= 4 is 0 Å². The molecular weight excluding hydrogens is 204 g/mol. The van der Waals surface area contributed by atoms with Crippen molar-refractivity contribution < 1.29 is 29.9 Å². The SMILES string of the molecule is CC(C)OC1O[C@H](CO)[C@H](O)[C@H](O)[C@H]1O. The smallest absolute Gasteiger partial charge is 0.186 e. The van der Waals surface area contributed by atoms with E-state index in [1.54, 1.807) is 13.8 Å². The van der Waals surface area contributed by atoms with Crippen molar-refractivity contribution in [1.29, 1.82) is 0 Å². The summed E-state index contributed by atoms with van der Waals surface area (Å²) in [5.74, 6) is 0. The molecule has 0 spiro atoms. The minimum Gasteiger partial charge on any atom is -0.394 e. The summed E-state index contributed by atoms with van der Waals surface area (Å²) >= 11 is 0. The summed E-state index contributed by atoms with van der Waals surface area (Å²) in [5, 5.41) is 37.3. The first-order chi connectivity index (χ1) is 6.97. The zero-order valence-corrected chi connectivity index (χ0v) is 8.78. The molecule has 0 aromatic carbocycles. The van der Waals surface area contributed by atoms with Crippen molar-refractivity contribution in [3.63, 3.8) is 0 Å². The Kier molecular flexibility index (Phi) is 4.45. The Morgan fingerprint density at radius 2 is 1.73 bits per heavy atom. The Labute approximate surface area is 88.1 Å². The maximum Gasteiger partial charge on any atom is 0.186 e. The highest BCUT2D eigenvalue weighted by Gasteiger charge is 2.44. The minimum atomic E-state index is -1.38. The van der Waals surface area contributed by atoms with E-state index in [4.69, 9.17) is 14.6 Å². The van der Waals surface area contributed by atoms with Crippen LogP contribution in [-0.2, 0) is 9.47 Å². The van der Waals surface area contributed by atoms with Gasteiger partial charge in [-0.2, -0.15) is 0 Å². The van der Waals surface area contributed by atoms with Gasteiger partial charge in [-0.15, -0.1) is 0 Å².